The molecule has 1 saturated carbocycles. The van der Waals surface area contributed by atoms with Crippen molar-refractivity contribution >= 4 is 23.6 Å². The summed E-state index contributed by atoms with van der Waals surface area (Å²) in [6, 6.07) is 6.05. The van der Waals surface area contributed by atoms with Crippen LogP contribution in [0.25, 0.3) is 0 Å². The van der Waals surface area contributed by atoms with Gasteiger partial charge in [0, 0.05) is 18.6 Å². The van der Waals surface area contributed by atoms with Gasteiger partial charge in [0.25, 0.3) is 0 Å². The van der Waals surface area contributed by atoms with Crippen LogP contribution in [-0.4, -0.2) is 35.1 Å². The van der Waals surface area contributed by atoms with E-state index in [9.17, 15) is 9.59 Å². The lowest BCUT2D eigenvalue weighted by Crippen LogP contribution is -2.47. The van der Waals surface area contributed by atoms with Crippen molar-refractivity contribution in [3.8, 4) is 0 Å². The van der Waals surface area contributed by atoms with Crippen molar-refractivity contribution in [1.29, 1.82) is 0 Å². The minimum absolute atomic E-state index is 0.0658. The SMILES string of the molecule is CN(Cc1cccc(Cl)c1)C(=O)NC(C(=O)O)C1CC1. The number of hydrogen-bond acceptors (Lipinski definition) is 2. The van der Waals surface area contributed by atoms with Crippen molar-refractivity contribution in [2.75, 3.05) is 7.05 Å². The maximum Gasteiger partial charge on any atom is 0.326 e. The molecular formula is C14H17ClN2O3. The van der Waals surface area contributed by atoms with Gasteiger partial charge in [-0.1, -0.05) is 23.7 Å². The van der Waals surface area contributed by atoms with Crippen molar-refractivity contribution in [2.24, 2.45) is 5.92 Å². The number of benzene rings is 1. The highest BCUT2D eigenvalue weighted by Gasteiger charge is 2.37. The molecule has 0 aliphatic heterocycles. The number of nitrogens with one attached hydrogen (secondary N) is 1. The number of carbonyl (C=O) groups is 2. The Morgan fingerprint density at radius 3 is 2.75 bits per heavy atom. The number of amides is 2. The van der Waals surface area contributed by atoms with E-state index in [1.54, 1.807) is 19.2 Å². The first-order valence-corrected chi connectivity index (χ1v) is 6.84. The molecule has 5 nitrogen and oxygen atoms in total. The third-order valence-electron chi connectivity index (χ3n) is 3.29. The predicted octanol–water partition coefficient (Wildman–Crippen LogP) is 2.34. The van der Waals surface area contributed by atoms with Gasteiger partial charge < -0.3 is 15.3 Å². The molecule has 20 heavy (non-hydrogen) atoms. The van der Waals surface area contributed by atoms with Gasteiger partial charge in [0.1, 0.15) is 6.04 Å². The van der Waals surface area contributed by atoms with Gasteiger partial charge in [-0.3, -0.25) is 0 Å². The van der Waals surface area contributed by atoms with Gasteiger partial charge in [0.05, 0.1) is 0 Å². The quantitative estimate of drug-likeness (QED) is 0.876. The summed E-state index contributed by atoms with van der Waals surface area (Å²) in [5.41, 5.74) is 0.897. The second-order valence-electron chi connectivity index (χ2n) is 5.09. The number of hydrogen-bond donors (Lipinski definition) is 2. The standard InChI is InChI=1S/C14H17ClN2O3/c1-17(8-9-3-2-4-11(15)7-9)14(20)16-12(13(18)19)10-5-6-10/h2-4,7,10,12H,5-6,8H2,1H3,(H,16,20)(H,18,19). The average molecular weight is 297 g/mol. The summed E-state index contributed by atoms with van der Waals surface area (Å²) in [4.78, 5) is 24.5. The maximum absolute atomic E-state index is 12.0. The van der Waals surface area contributed by atoms with E-state index in [4.69, 9.17) is 16.7 Å². The largest absolute Gasteiger partial charge is 0.480 e. The maximum atomic E-state index is 12.0. The minimum atomic E-state index is -0.975. The van der Waals surface area contributed by atoms with Gasteiger partial charge in [0.2, 0.25) is 0 Å². The lowest BCUT2D eigenvalue weighted by molar-refractivity contribution is -0.139. The summed E-state index contributed by atoms with van der Waals surface area (Å²) in [6.07, 6.45) is 1.71. The molecule has 1 atom stereocenters. The monoisotopic (exact) mass is 296 g/mol. The van der Waals surface area contributed by atoms with E-state index in [-0.39, 0.29) is 11.9 Å². The van der Waals surface area contributed by atoms with Crippen molar-refractivity contribution in [3.05, 3.63) is 34.9 Å². The van der Waals surface area contributed by atoms with Crippen molar-refractivity contribution in [1.82, 2.24) is 10.2 Å². The molecular weight excluding hydrogens is 280 g/mol. The Balaban J connectivity index is 1.92. The van der Waals surface area contributed by atoms with E-state index in [0.717, 1.165) is 18.4 Å². The van der Waals surface area contributed by atoms with Crippen LogP contribution in [0.15, 0.2) is 24.3 Å². The van der Waals surface area contributed by atoms with Crippen LogP contribution in [-0.2, 0) is 11.3 Å². The molecule has 0 bridgehead atoms. The van der Waals surface area contributed by atoms with Crippen LogP contribution in [0.1, 0.15) is 18.4 Å². The molecule has 2 N–H and O–H groups in total. The molecule has 1 aliphatic rings. The number of rotatable bonds is 5. The third-order valence-corrected chi connectivity index (χ3v) is 3.53. The van der Waals surface area contributed by atoms with Crippen LogP contribution in [0.4, 0.5) is 4.79 Å². The fraction of sp³-hybridized carbons (Fsp3) is 0.429. The number of halogens is 1. The Labute approximate surface area is 122 Å². The molecule has 1 unspecified atom stereocenters. The number of carboxylic acid groups (broad SMARTS) is 1. The first kappa shape index (κ1) is 14.7. The highest BCUT2D eigenvalue weighted by Crippen LogP contribution is 2.32. The topological polar surface area (TPSA) is 69.6 Å². The molecule has 2 amide bonds. The molecule has 108 valence electrons. The molecule has 0 spiro atoms. The van der Waals surface area contributed by atoms with Gasteiger partial charge in [-0.15, -0.1) is 0 Å². The Hall–Kier alpha value is -1.75. The Bertz CT molecular complexity index is 517. The number of aliphatic carboxylic acids is 1. The van der Waals surface area contributed by atoms with Gasteiger partial charge in [-0.25, -0.2) is 9.59 Å². The van der Waals surface area contributed by atoms with Crippen molar-refractivity contribution in [2.45, 2.75) is 25.4 Å². The van der Waals surface area contributed by atoms with Gasteiger partial charge >= 0.3 is 12.0 Å². The Morgan fingerprint density at radius 2 is 2.20 bits per heavy atom. The van der Waals surface area contributed by atoms with E-state index in [1.807, 2.05) is 12.1 Å². The van der Waals surface area contributed by atoms with Crippen molar-refractivity contribution in [3.63, 3.8) is 0 Å². The highest BCUT2D eigenvalue weighted by molar-refractivity contribution is 6.30. The first-order chi connectivity index (χ1) is 9.47. The lowest BCUT2D eigenvalue weighted by atomic mass is 10.2. The summed E-state index contributed by atoms with van der Waals surface area (Å²) in [5.74, 6) is -0.909. The number of urea groups is 1. The zero-order valence-electron chi connectivity index (χ0n) is 11.2. The van der Waals surface area contributed by atoms with E-state index >= 15 is 0 Å². The van der Waals surface area contributed by atoms with Gasteiger partial charge in [-0.05, 0) is 36.5 Å². The third kappa shape index (κ3) is 3.87. The fourth-order valence-corrected chi connectivity index (χ4v) is 2.25. The predicted molar refractivity (Wildman–Crippen MR) is 75.6 cm³/mol. The van der Waals surface area contributed by atoms with Gasteiger partial charge in [-0.2, -0.15) is 0 Å². The Morgan fingerprint density at radius 1 is 1.50 bits per heavy atom. The smallest absolute Gasteiger partial charge is 0.326 e. The Kier molecular flexibility index (Phi) is 4.49. The molecule has 1 aliphatic carbocycles. The number of carbonyl (C=O) groups excluding carboxylic acids is 1. The summed E-state index contributed by atoms with van der Waals surface area (Å²) < 4.78 is 0. The van der Waals surface area contributed by atoms with Crippen LogP contribution >= 0.6 is 11.6 Å². The normalized spacial score (nSPS) is 15.5. The molecule has 0 radical (unpaired) electrons. The number of carboxylic acids is 1. The summed E-state index contributed by atoms with van der Waals surface area (Å²) in [7, 11) is 1.63. The second-order valence-corrected chi connectivity index (χ2v) is 5.53. The van der Waals surface area contributed by atoms with Gasteiger partial charge in [0.15, 0.2) is 0 Å². The first-order valence-electron chi connectivity index (χ1n) is 6.46. The van der Waals surface area contributed by atoms with E-state index < -0.39 is 12.0 Å². The molecule has 0 aromatic heterocycles. The summed E-state index contributed by atoms with van der Waals surface area (Å²) in [6.45, 7) is 0.378. The van der Waals surface area contributed by atoms with Crippen LogP contribution in [0.2, 0.25) is 5.02 Å². The number of nitrogens with zero attached hydrogens (tertiary/aromatic N) is 1. The highest BCUT2D eigenvalue weighted by atomic mass is 35.5. The van der Waals surface area contributed by atoms with Crippen LogP contribution in [0.5, 0.6) is 0 Å². The van der Waals surface area contributed by atoms with E-state index in [2.05, 4.69) is 5.32 Å². The summed E-state index contributed by atoms with van der Waals surface area (Å²) in [5, 5.41) is 12.3. The minimum Gasteiger partial charge on any atom is -0.480 e. The molecule has 6 heteroatoms. The zero-order valence-corrected chi connectivity index (χ0v) is 11.9. The van der Waals surface area contributed by atoms with Crippen LogP contribution < -0.4 is 5.32 Å². The molecule has 2 rings (SSSR count). The average Bonchev–Trinajstić information content (AvgIpc) is 3.19. The lowest BCUT2D eigenvalue weighted by Gasteiger charge is -2.21. The summed E-state index contributed by atoms with van der Waals surface area (Å²) >= 11 is 5.89. The van der Waals surface area contributed by atoms with Crippen molar-refractivity contribution < 1.29 is 14.7 Å². The van der Waals surface area contributed by atoms with Crippen LogP contribution in [0, 0.1) is 5.92 Å². The van der Waals surface area contributed by atoms with E-state index in [1.165, 1.54) is 4.90 Å². The van der Waals surface area contributed by atoms with E-state index in [0.29, 0.717) is 11.6 Å². The molecule has 1 aromatic rings. The molecule has 0 heterocycles. The molecule has 0 saturated heterocycles. The zero-order chi connectivity index (χ0) is 14.7. The molecule has 1 aromatic carbocycles. The van der Waals surface area contributed by atoms with Crippen LogP contribution in [0.3, 0.4) is 0 Å². The fourth-order valence-electron chi connectivity index (χ4n) is 2.03. The second kappa shape index (κ2) is 6.13. The molecule has 1 fully saturated rings.